The number of nitrogens with zero attached hydrogens (tertiary/aromatic N) is 2. The summed E-state index contributed by atoms with van der Waals surface area (Å²) in [6, 6.07) is 9.23. The fraction of sp³-hybridized carbons (Fsp3) is 0.471. The van der Waals surface area contributed by atoms with Gasteiger partial charge in [0.25, 0.3) is 0 Å². The van der Waals surface area contributed by atoms with Crippen molar-refractivity contribution < 1.29 is 0 Å². The standard InChI is InChI=1S/C17H21IN2/c1-12-3-8-17(9-13(12)2)20-11-15(10-19-20)14-4-6-16(18)7-5-14/h4-7,10-13,17H,3,8-9H2,1-2H3. The lowest BCUT2D eigenvalue weighted by Gasteiger charge is -2.32. The summed E-state index contributed by atoms with van der Waals surface area (Å²) in [5.74, 6) is 1.66. The van der Waals surface area contributed by atoms with E-state index >= 15 is 0 Å². The second-order valence-electron chi connectivity index (χ2n) is 6.14. The van der Waals surface area contributed by atoms with Gasteiger partial charge in [0.15, 0.2) is 0 Å². The molecule has 1 aromatic carbocycles. The molecule has 106 valence electrons. The van der Waals surface area contributed by atoms with E-state index in [1.165, 1.54) is 34.0 Å². The Morgan fingerprint density at radius 2 is 1.80 bits per heavy atom. The Labute approximate surface area is 134 Å². The Hall–Kier alpha value is -0.840. The van der Waals surface area contributed by atoms with Gasteiger partial charge in [0.2, 0.25) is 0 Å². The van der Waals surface area contributed by atoms with Gasteiger partial charge in [-0.3, -0.25) is 4.68 Å². The molecule has 0 spiro atoms. The first-order valence-corrected chi connectivity index (χ1v) is 8.51. The second-order valence-corrected chi connectivity index (χ2v) is 7.38. The lowest BCUT2D eigenvalue weighted by molar-refractivity contribution is 0.201. The smallest absolute Gasteiger partial charge is 0.0568 e. The van der Waals surface area contributed by atoms with Crippen LogP contribution in [-0.2, 0) is 0 Å². The third kappa shape index (κ3) is 2.92. The van der Waals surface area contributed by atoms with E-state index < -0.39 is 0 Å². The molecule has 0 N–H and O–H groups in total. The van der Waals surface area contributed by atoms with Crippen LogP contribution >= 0.6 is 22.6 Å². The molecule has 1 aliphatic rings. The molecule has 3 unspecified atom stereocenters. The van der Waals surface area contributed by atoms with Gasteiger partial charge in [-0.25, -0.2) is 0 Å². The van der Waals surface area contributed by atoms with Gasteiger partial charge in [-0.15, -0.1) is 0 Å². The molecule has 0 amide bonds. The molecular formula is C17H21IN2. The number of hydrogen-bond acceptors (Lipinski definition) is 1. The SMILES string of the molecule is CC1CCC(n2cc(-c3ccc(I)cc3)cn2)CC1C. The van der Waals surface area contributed by atoms with Gasteiger partial charge in [-0.1, -0.05) is 26.0 Å². The molecule has 3 rings (SSSR count). The second kappa shape index (κ2) is 5.88. The van der Waals surface area contributed by atoms with E-state index in [4.69, 9.17) is 0 Å². The molecule has 3 heteroatoms. The summed E-state index contributed by atoms with van der Waals surface area (Å²) in [6.07, 6.45) is 8.07. The van der Waals surface area contributed by atoms with Gasteiger partial charge in [0.05, 0.1) is 12.2 Å². The van der Waals surface area contributed by atoms with Crippen LogP contribution < -0.4 is 0 Å². The van der Waals surface area contributed by atoms with Crippen molar-refractivity contribution in [3.63, 3.8) is 0 Å². The highest BCUT2D eigenvalue weighted by atomic mass is 127. The van der Waals surface area contributed by atoms with Crippen LogP contribution in [0.15, 0.2) is 36.7 Å². The van der Waals surface area contributed by atoms with Crippen LogP contribution in [0.5, 0.6) is 0 Å². The van der Waals surface area contributed by atoms with Gasteiger partial charge >= 0.3 is 0 Å². The highest BCUT2D eigenvalue weighted by Gasteiger charge is 2.26. The van der Waals surface area contributed by atoms with Gasteiger partial charge in [0, 0.05) is 15.3 Å². The molecule has 0 bridgehead atoms. The molecule has 0 aliphatic heterocycles. The number of halogens is 1. The summed E-state index contributed by atoms with van der Waals surface area (Å²) in [5, 5.41) is 4.61. The molecular weight excluding hydrogens is 359 g/mol. The van der Waals surface area contributed by atoms with Crippen LogP contribution in [0.3, 0.4) is 0 Å². The van der Waals surface area contributed by atoms with Crippen molar-refractivity contribution >= 4 is 22.6 Å². The molecule has 2 nitrogen and oxygen atoms in total. The molecule has 1 heterocycles. The minimum atomic E-state index is 0.582. The Kier molecular flexibility index (Phi) is 4.15. The van der Waals surface area contributed by atoms with Crippen molar-refractivity contribution in [2.45, 2.75) is 39.2 Å². The maximum Gasteiger partial charge on any atom is 0.0568 e. The molecule has 1 saturated carbocycles. The van der Waals surface area contributed by atoms with Crippen LogP contribution in [0.4, 0.5) is 0 Å². The van der Waals surface area contributed by atoms with E-state index in [1.807, 2.05) is 6.20 Å². The molecule has 0 radical (unpaired) electrons. The van der Waals surface area contributed by atoms with Crippen molar-refractivity contribution in [2.24, 2.45) is 11.8 Å². The van der Waals surface area contributed by atoms with E-state index in [0.29, 0.717) is 6.04 Å². The topological polar surface area (TPSA) is 17.8 Å². The van der Waals surface area contributed by atoms with Crippen LogP contribution in [0, 0.1) is 15.4 Å². The largest absolute Gasteiger partial charge is 0.269 e. The lowest BCUT2D eigenvalue weighted by atomic mass is 9.79. The van der Waals surface area contributed by atoms with Gasteiger partial charge in [-0.05, 0) is 71.4 Å². The highest BCUT2D eigenvalue weighted by molar-refractivity contribution is 14.1. The van der Waals surface area contributed by atoms with E-state index in [1.54, 1.807) is 0 Å². The molecule has 3 atom stereocenters. The van der Waals surface area contributed by atoms with Crippen molar-refractivity contribution in [3.05, 3.63) is 40.2 Å². The van der Waals surface area contributed by atoms with Crippen molar-refractivity contribution in [1.82, 2.24) is 9.78 Å². The zero-order chi connectivity index (χ0) is 14.1. The average molecular weight is 380 g/mol. The molecule has 20 heavy (non-hydrogen) atoms. The zero-order valence-electron chi connectivity index (χ0n) is 12.1. The first-order chi connectivity index (χ1) is 9.63. The third-order valence-corrected chi connectivity index (χ3v) is 5.44. The molecule has 2 aromatic rings. The summed E-state index contributed by atoms with van der Waals surface area (Å²) >= 11 is 2.34. The summed E-state index contributed by atoms with van der Waals surface area (Å²) < 4.78 is 3.46. The normalized spacial score (nSPS) is 26.6. The van der Waals surface area contributed by atoms with Crippen molar-refractivity contribution in [1.29, 1.82) is 0 Å². The van der Waals surface area contributed by atoms with E-state index in [-0.39, 0.29) is 0 Å². The number of hydrogen-bond donors (Lipinski definition) is 0. The van der Waals surface area contributed by atoms with E-state index in [0.717, 1.165) is 11.8 Å². The molecule has 1 aromatic heterocycles. The Balaban J connectivity index is 1.78. The van der Waals surface area contributed by atoms with Crippen molar-refractivity contribution in [2.75, 3.05) is 0 Å². The first-order valence-electron chi connectivity index (χ1n) is 7.43. The van der Waals surface area contributed by atoms with Crippen LogP contribution in [0.1, 0.15) is 39.2 Å². The van der Waals surface area contributed by atoms with Gasteiger partial charge in [0.1, 0.15) is 0 Å². The summed E-state index contributed by atoms with van der Waals surface area (Å²) in [4.78, 5) is 0. The molecule has 0 saturated heterocycles. The Morgan fingerprint density at radius 1 is 1.05 bits per heavy atom. The maximum absolute atomic E-state index is 4.61. The summed E-state index contributed by atoms with van der Waals surface area (Å²) in [6.45, 7) is 4.75. The van der Waals surface area contributed by atoms with E-state index in [2.05, 4.69) is 76.7 Å². The monoisotopic (exact) mass is 380 g/mol. The summed E-state index contributed by atoms with van der Waals surface area (Å²) in [7, 11) is 0. The quantitative estimate of drug-likeness (QED) is 0.659. The summed E-state index contributed by atoms with van der Waals surface area (Å²) in [5.41, 5.74) is 2.49. The zero-order valence-corrected chi connectivity index (χ0v) is 14.2. The fourth-order valence-electron chi connectivity index (χ4n) is 3.09. The Morgan fingerprint density at radius 3 is 2.50 bits per heavy atom. The Bertz CT molecular complexity index is 573. The predicted octanol–water partition coefficient (Wildman–Crippen LogP) is 5.15. The van der Waals surface area contributed by atoms with Crippen LogP contribution in [0.2, 0.25) is 0 Å². The van der Waals surface area contributed by atoms with E-state index in [9.17, 15) is 0 Å². The minimum absolute atomic E-state index is 0.582. The maximum atomic E-state index is 4.61. The lowest BCUT2D eigenvalue weighted by Crippen LogP contribution is -2.23. The van der Waals surface area contributed by atoms with Crippen molar-refractivity contribution in [3.8, 4) is 11.1 Å². The molecule has 1 fully saturated rings. The minimum Gasteiger partial charge on any atom is -0.269 e. The number of rotatable bonds is 2. The van der Waals surface area contributed by atoms with Gasteiger partial charge < -0.3 is 0 Å². The van der Waals surface area contributed by atoms with Crippen LogP contribution in [-0.4, -0.2) is 9.78 Å². The fourth-order valence-corrected chi connectivity index (χ4v) is 3.45. The van der Waals surface area contributed by atoms with Crippen LogP contribution in [0.25, 0.3) is 11.1 Å². The average Bonchev–Trinajstić information content (AvgIpc) is 2.92. The third-order valence-electron chi connectivity index (χ3n) is 4.72. The number of aromatic nitrogens is 2. The number of benzene rings is 1. The van der Waals surface area contributed by atoms with Gasteiger partial charge in [-0.2, -0.15) is 5.10 Å². The predicted molar refractivity (Wildman–Crippen MR) is 91.6 cm³/mol. The highest BCUT2D eigenvalue weighted by Crippen LogP contribution is 2.36. The molecule has 1 aliphatic carbocycles. The first kappa shape index (κ1) is 14.1.